The first-order valence-corrected chi connectivity index (χ1v) is 7.82. The lowest BCUT2D eigenvalue weighted by atomic mass is 10.1. The molecule has 0 bridgehead atoms. The summed E-state index contributed by atoms with van der Waals surface area (Å²) in [6.07, 6.45) is 0.227. The molecule has 0 amide bonds. The average molecular weight is 330 g/mol. The van der Waals surface area contributed by atoms with Gasteiger partial charge in [-0.15, -0.1) is 11.3 Å². The highest BCUT2D eigenvalue weighted by Gasteiger charge is 2.10. The van der Waals surface area contributed by atoms with E-state index in [0.29, 0.717) is 22.3 Å². The molecule has 0 fully saturated rings. The van der Waals surface area contributed by atoms with Gasteiger partial charge in [-0.1, -0.05) is 6.07 Å². The number of hydrogen-bond acceptors (Lipinski definition) is 6. The molecule has 0 aliphatic carbocycles. The van der Waals surface area contributed by atoms with Crippen LogP contribution in [0.3, 0.4) is 0 Å². The van der Waals surface area contributed by atoms with Crippen molar-refractivity contribution in [1.29, 1.82) is 0 Å². The van der Waals surface area contributed by atoms with Crippen LogP contribution in [0.5, 0.6) is 5.75 Å². The Bertz CT molecular complexity index is 880. The van der Waals surface area contributed by atoms with Gasteiger partial charge < -0.3 is 13.9 Å². The molecule has 1 aromatic carbocycles. The third-order valence-electron chi connectivity index (χ3n) is 3.32. The second kappa shape index (κ2) is 6.66. The highest BCUT2D eigenvalue weighted by molar-refractivity contribution is 7.10. The van der Waals surface area contributed by atoms with Crippen molar-refractivity contribution in [3.05, 3.63) is 62.6 Å². The molecule has 3 rings (SSSR count). The molecule has 0 aliphatic heterocycles. The Morgan fingerprint density at radius 1 is 1.26 bits per heavy atom. The van der Waals surface area contributed by atoms with Gasteiger partial charge in [0.05, 0.1) is 13.5 Å². The molecule has 3 aromatic rings. The van der Waals surface area contributed by atoms with Crippen LogP contribution >= 0.6 is 11.3 Å². The fourth-order valence-corrected chi connectivity index (χ4v) is 2.91. The van der Waals surface area contributed by atoms with Gasteiger partial charge in [-0.25, -0.2) is 4.79 Å². The van der Waals surface area contributed by atoms with E-state index in [1.807, 2.05) is 17.5 Å². The minimum absolute atomic E-state index is 0.0264. The monoisotopic (exact) mass is 330 g/mol. The molecular formula is C17H14O5S. The molecule has 0 aliphatic rings. The lowest BCUT2D eigenvalue weighted by molar-refractivity contribution is -0.144. The van der Waals surface area contributed by atoms with Crippen molar-refractivity contribution in [2.45, 2.75) is 13.0 Å². The van der Waals surface area contributed by atoms with Crippen molar-refractivity contribution in [3.8, 4) is 5.75 Å². The number of carbonyl (C=O) groups excluding carboxylic acids is 1. The molecule has 6 heteroatoms. The van der Waals surface area contributed by atoms with E-state index in [1.54, 1.807) is 18.2 Å². The van der Waals surface area contributed by atoms with E-state index in [9.17, 15) is 9.59 Å². The highest BCUT2D eigenvalue weighted by atomic mass is 32.1. The number of esters is 1. The van der Waals surface area contributed by atoms with Crippen LogP contribution in [-0.4, -0.2) is 13.1 Å². The molecule has 0 saturated carbocycles. The van der Waals surface area contributed by atoms with Crippen molar-refractivity contribution >= 4 is 28.3 Å². The molecule has 2 aromatic heterocycles. The predicted molar refractivity (Wildman–Crippen MR) is 86.9 cm³/mol. The molecule has 0 unspecified atom stereocenters. The van der Waals surface area contributed by atoms with Crippen molar-refractivity contribution in [1.82, 2.24) is 0 Å². The van der Waals surface area contributed by atoms with Crippen molar-refractivity contribution < 1.29 is 18.7 Å². The molecule has 2 heterocycles. The van der Waals surface area contributed by atoms with Crippen LogP contribution in [0.15, 0.2) is 51.0 Å². The summed E-state index contributed by atoms with van der Waals surface area (Å²) in [7, 11) is 1.54. The van der Waals surface area contributed by atoms with E-state index in [1.165, 1.54) is 24.5 Å². The predicted octanol–water partition coefficient (Wildman–Crippen LogP) is 3.15. The van der Waals surface area contributed by atoms with Crippen LogP contribution in [0.25, 0.3) is 11.0 Å². The Morgan fingerprint density at radius 2 is 2.13 bits per heavy atom. The zero-order valence-electron chi connectivity index (χ0n) is 12.4. The van der Waals surface area contributed by atoms with Gasteiger partial charge >= 0.3 is 11.6 Å². The smallest absolute Gasteiger partial charge is 0.336 e. The van der Waals surface area contributed by atoms with Gasteiger partial charge in [0, 0.05) is 28.0 Å². The fourth-order valence-electron chi connectivity index (χ4n) is 2.22. The molecule has 0 spiro atoms. The largest absolute Gasteiger partial charge is 0.497 e. The van der Waals surface area contributed by atoms with Gasteiger partial charge in [-0.3, -0.25) is 4.79 Å². The van der Waals surface area contributed by atoms with Gasteiger partial charge in [0.2, 0.25) is 0 Å². The Labute approximate surface area is 136 Å². The summed E-state index contributed by atoms with van der Waals surface area (Å²) in [4.78, 5) is 24.5. The van der Waals surface area contributed by atoms with Crippen LogP contribution in [0, 0.1) is 0 Å². The molecular weight excluding hydrogens is 316 g/mol. The zero-order chi connectivity index (χ0) is 16.2. The van der Waals surface area contributed by atoms with Gasteiger partial charge in [0.1, 0.15) is 17.9 Å². The summed E-state index contributed by atoms with van der Waals surface area (Å²) in [5, 5.41) is 2.63. The third-order valence-corrected chi connectivity index (χ3v) is 4.20. The Balaban J connectivity index is 1.79. The Hall–Kier alpha value is -2.60. The quantitative estimate of drug-likeness (QED) is 0.531. The maximum atomic E-state index is 11.9. The van der Waals surface area contributed by atoms with Crippen LogP contribution in [0.2, 0.25) is 0 Å². The first-order chi connectivity index (χ1) is 11.2. The molecule has 0 N–H and O–H groups in total. The Morgan fingerprint density at radius 3 is 2.87 bits per heavy atom. The number of benzene rings is 1. The van der Waals surface area contributed by atoms with E-state index in [-0.39, 0.29) is 19.0 Å². The number of hydrogen-bond donors (Lipinski definition) is 0. The van der Waals surface area contributed by atoms with Crippen LogP contribution in [0.4, 0.5) is 0 Å². The lowest BCUT2D eigenvalue weighted by Crippen LogP contribution is -2.09. The van der Waals surface area contributed by atoms with E-state index in [4.69, 9.17) is 13.9 Å². The zero-order valence-corrected chi connectivity index (χ0v) is 13.2. The fraction of sp³-hybridized carbons (Fsp3) is 0.176. The summed E-state index contributed by atoms with van der Waals surface area (Å²) in [6, 6.07) is 10.3. The van der Waals surface area contributed by atoms with Gasteiger partial charge in [0.15, 0.2) is 0 Å². The van der Waals surface area contributed by atoms with E-state index in [2.05, 4.69) is 0 Å². The van der Waals surface area contributed by atoms with Crippen LogP contribution in [0.1, 0.15) is 10.4 Å². The first-order valence-electron chi connectivity index (χ1n) is 6.94. The first kappa shape index (κ1) is 15.3. The summed E-state index contributed by atoms with van der Waals surface area (Å²) >= 11 is 1.50. The minimum atomic E-state index is -0.491. The van der Waals surface area contributed by atoms with Gasteiger partial charge in [-0.2, -0.15) is 0 Å². The second-order valence-corrected chi connectivity index (χ2v) is 5.90. The second-order valence-electron chi connectivity index (χ2n) is 4.87. The maximum Gasteiger partial charge on any atom is 0.336 e. The van der Waals surface area contributed by atoms with E-state index < -0.39 is 5.63 Å². The molecule has 5 nitrogen and oxygen atoms in total. The summed E-state index contributed by atoms with van der Waals surface area (Å²) < 4.78 is 15.6. The topological polar surface area (TPSA) is 65.7 Å². The lowest BCUT2D eigenvalue weighted by Gasteiger charge is -2.08. The highest BCUT2D eigenvalue weighted by Crippen LogP contribution is 2.23. The van der Waals surface area contributed by atoms with Crippen molar-refractivity contribution in [2.75, 3.05) is 7.11 Å². The van der Waals surface area contributed by atoms with Crippen LogP contribution < -0.4 is 10.4 Å². The van der Waals surface area contributed by atoms with Crippen molar-refractivity contribution in [3.63, 3.8) is 0 Å². The number of thiophene rings is 1. The van der Waals surface area contributed by atoms with Gasteiger partial charge in [-0.05, 0) is 23.6 Å². The van der Waals surface area contributed by atoms with Crippen LogP contribution in [-0.2, 0) is 22.6 Å². The maximum absolute atomic E-state index is 11.9. The normalized spacial score (nSPS) is 10.7. The number of ether oxygens (including phenoxy) is 2. The molecule has 0 atom stereocenters. The Kier molecular flexibility index (Phi) is 4.43. The summed E-state index contributed by atoms with van der Waals surface area (Å²) in [6.45, 7) is 0.0264. The van der Waals surface area contributed by atoms with Crippen molar-refractivity contribution in [2.24, 2.45) is 0 Å². The number of methoxy groups -OCH3 is 1. The standard InChI is InChI=1S/C17H14O5S/c1-20-12-4-5-14-11(7-17(19)22-15(14)8-12)10-21-16(18)9-13-3-2-6-23-13/h2-8H,9-10H2,1H3. The third kappa shape index (κ3) is 3.60. The number of fused-ring (bicyclic) bond motifs is 1. The molecule has 23 heavy (non-hydrogen) atoms. The van der Waals surface area contributed by atoms with E-state index in [0.717, 1.165) is 4.88 Å². The molecule has 118 valence electrons. The van der Waals surface area contributed by atoms with Gasteiger partial charge in [0.25, 0.3) is 0 Å². The number of carbonyl (C=O) groups is 1. The molecule has 0 saturated heterocycles. The number of rotatable bonds is 5. The average Bonchev–Trinajstić information content (AvgIpc) is 3.04. The summed E-state index contributed by atoms with van der Waals surface area (Å²) in [5.41, 5.74) is 0.523. The molecule has 0 radical (unpaired) electrons. The minimum Gasteiger partial charge on any atom is -0.497 e. The van der Waals surface area contributed by atoms with E-state index >= 15 is 0 Å². The SMILES string of the molecule is COc1ccc2c(COC(=O)Cc3cccs3)cc(=O)oc2c1. The summed E-state index contributed by atoms with van der Waals surface area (Å²) in [5.74, 6) is 0.259.